The SMILES string of the molecule is O=C(c1ccc(F)cc1Cl)N1CCN(C(=O)c2n[nH]c3c2CNCC3)CC1. The van der Waals surface area contributed by atoms with Crippen molar-refractivity contribution in [1.82, 2.24) is 25.3 Å². The van der Waals surface area contributed by atoms with E-state index >= 15 is 0 Å². The first-order chi connectivity index (χ1) is 13.0. The van der Waals surface area contributed by atoms with E-state index in [1.54, 1.807) is 9.80 Å². The number of halogens is 2. The molecule has 1 aromatic carbocycles. The molecule has 1 fully saturated rings. The number of piperazine rings is 1. The Hall–Kier alpha value is -2.45. The van der Waals surface area contributed by atoms with Gasteiger partial charge >= 0.3 is 0 Å². The Kier molecular flexibility index (Phi) is 4.84. The fraction of sp³-hybridized carbons (Fsp3) is 0.389. The first kappa shape index (κ1) is 17.9. The van der Waals surface area contributed by atoms with Crippen LogP contribution in [-0.2, 0) is 13.0 Å². The predicted octanol–water partition coefficient (Wildman–Crippen LogP) is 1.45. The Morgan fingerprint density at radius 2 is 1.81 bits per heavy atom. The molecule has 0 aliphatic carbocycles. The molecule has 0 bridgehead atoms. The van der Waals surface area contributed by atoms with Gasteiger partial charge in [0.2, 0.25) is 0 Å². The smallest absolute Gasteiger partial charge is 0.274 e. The van der Waals surface area contributed by atoms with Crippen molar-refractivity contribution in [3.8, 4) is 0 Å². The van der Waals surface area contributed by atoms with Crippen LogP contribution < -0.4 is 5.32 Å². The molecule has 4 rings (SSSR count). The third-order valence-electron chi connectivity index (χ3n) is 5.02. The number of benzene rings is 1. The van der Waals surface area contributed by atoms with E-state index in [2.05, 4.69) is 15.5 Å². The summed E-state index contributed by atoms with van der Waals surface area (Å²) >= 11 is 5.99. The van der Waals surface area contributed by atoms with Gasteiger partial charge in [-0.1, -0.05) is 11.6 Å². The fourth-order valence-electron chi connectivity index (χ4n) is 3.50. The summed E-state index contributed by atoms with van der Waals surface area (Å²) in [5.74, 6) is -0.861. The third-order valence-corrected chi connectivity index (χ3v) is 5.34. The van der Waals surface area contributed by atoms with Gasteiger partial charge in [0.05, 0.1) is 10.6 Å². The summed E-state index contributed by atoms with van der Waals surface area (Å²) in [4.78, 5) is 28.8. The van der Waals surface area contributed by atoms with E-state index in [-0.39, 0.29) is 22.4 Å². The normalized spacial score (nSPS) is 17.0. The van der Waals surface area contributed by atoms with E-state index in [0.29, 0.717) is 38.4 Å². The van der Waals surface area contributed by atoms with Gasteiger partial charge in [-0.15, -0.1) is 0 Å². The zero-order chi connectivity index (χ0) is 19.0. The lowest BCUT2D eigenvalue weighted by atomic mass is 10.1. The molecule has 1 saturated heterocycles. The minimum Gasteiger partial charge on any atom is -0.335 e. The highest BCUT2D eigenvalue weighted by Crippen LogP contribution is 2.21. The maximum absolute atomic E-state index is 13.2. The van der Waals surface area contributed by atoms with Crippen molar-refractivity contribution in [2.75, 3.05) is 32.7 Å². The van der Waals surface area contributed by atoms with Gasteiger partial charge in [-0.2, -0.15) is 5.10 Å². The minimum atomic E-state index is -0.483. The number of H-pyrrole nitrogens is 1. The van der Waals surface area contributed by atoms with Gasteiger partial charge in [-0.25, -0.2) is 4.39 Å². The summed E-state index contributed by atoms with van der Waals surface area (Å²) < 4.78 is 13.2. The predicted molar refractivity (Wildman–Crippen MR) is 97.2 cm³/mol. The van der Waals surface area contributed by atoms with E-state index in [0.717, 1.165) is 30.3 Å². The number of fused-ring (bicyclic) bond motifs is 1. The van der Waals surface area contributed by atoms with Crippen LogP contribution in [0.5, 0.6) is 0 Å². The number of aromatic nitrogens is 2. The largest absolute Gasteiger partial charge is 0.335 e. The average Bonchev–Trinajstić information content (AvgIpc) is 3.11. The van der Waals surface area contributed by atoms with Gasteiger partial charge in [-0.3, -0.25) is 14.7 Å². The van der Waals surface area contributed by atoms with Crippen molar-refractivity contribution < 1.29 is 14.0 Å². The summed E-state index contributed by atoms with van der Waals surface area (Å²) in [6.45, 7) is 3.12. The molecule has 2 N–H and O–H groups in total. The van der Waals surface area contributed by atoms with Crippen LogP contribution in [0.2, 0.25) is 5.02 Å². The van der Waals surface area contributed by atoms with Crippen LogP contribution in [0, 0.1) is 5.82 Å². The second-order valence-electron chi connectivity index (χ2n) is 6.66. The van der Waals surface area contributed by atoms with Crippen LogP contribution in [0.3, 0.4) is 0 Å². The molecule has 2 aliphatic rings. The molecule has 0 unspecified atom stereocenters. The molecule has 142 valence electrons. The van der Waals surface area contributed by atoms with Gasteiger partial charge < -0.3 is 15.1 Å². The second-order valence-corrected chi connectivity index (χ2v) is 7.07. The minimum absolute atomic E-state index is 0.0918. The van der Waals surface area contributed by atoms with Crippen molar-refractivity contribution in [2.45, 2.75) is 13.0 Å². The molecule has 27 heavy (non-hydrogen) atoms. The lowest BCUT2D eigenvalue weighted by Gasteiger charge is -2.34. The Morgan fingerprint density at radius 1 is 1.11 bits per heavy atom. The van der Waals surface area contributed by atoms with Crippen molar-refractivity contribution >= 4 is 23.4 Å². The number of nitrogens with zero attached hydrogens (tertiary/aromatic N) is 3. The van der Waals surface area contributed by atoms with E-state index in [4.69, 9.17) is 11.6 Å². The lowest BCUT2D eigenvalue weighted by molar-refractivity contribution is 0.0531. The zero-order valence-corrected chi connectivity index (χ0v) is 15.4. The van der Waals surface area contributed by atoms with Crippen LogP contribution in [0.1, 0.15) is 32.1 Å². The molecule has 2 aliphatic heterocycles. The number of carbonyl (C=O) groups is 2. The van der Waals surface area contributed by atoms with E-state index < -0.39 is 5.82 Å². The van der Waals surface area contributed by atoms with Crippen molar-refractivity contribution in [1.29, 1.82) is 0 Å². The Balaban J connectivity index is 1.42. The maximum Gasteiger partial charge on any atom is 0.274 e. The Morgan fingerprint density at radius 3 is 2.52 bits per heavy atom. The highest BCUT2D eigenvalue weighted by atomic mass is 35.5. The van der Waals surface area contributed by atoms with Gasteiger partial charge in [0.1, 0.15) is 5.82 Å². The van der Waals surface area contributed by atoms with E-state index in [1.807, 2.05) is 0 Å². The van der Waals surface area contributed by atoms with Crippen LogP contribution in [0.25, 0.3) is 0 Å². The van der Waals surface area contributed by atoms with E-state index in [9.17, 15) is 14.0 Å². The first-order valence-corrected chi connectivity index (χ1v) is 9.23. The molecule has 2 aromatic rings. The van der Waals surface area contributed by atoms with Crippen molar-refractivity contribution in [2.24, 2.45) is 0 Å². The molecule has 0 spiro atoms. The molecule has 1 aromatic heterocycles. The molecule has 7 nitrogen and oxygen atoms in total. The number of aromatic amines is 1. The quantitative estimate of drug-likeness (QED) is 0.811. The zero-order valence-electron chi connectivity index (χ0n) is 14.6. The van der Waals surface area contributed by atoms with Crippen molar-refractivity contribution in [3.63, 3.8) is 0 Å². The van der Waals surface area contributed by atoms with Crippen molar-refractivity contribution in [3.05, 3.63) is 51.6 Å². The molecular formula is C18H19ClFN5O2. The average molecular weight is 392 g/mol. The Bertz CT molecular complexity index is 892. The van der Waals surface area contributed by atoms with Gasteiger partial charge in [0.15, 0.2) is 5.69 Å². The highest BCUT2D eigenvalue weighted by molar-refractivity contribution is 6.33. The highest BCUT2D eigenvalue weighted by Gasteiger charge is 2.30. The number of rotatable bonds is 2. The topological polar surface area (TPSA) is 81.3 Å². The molecular weight excluding hydrogens is 373 g/mol. The summed E-state index contributed by atoms with van der Waals surface area (Å²) in [5, 5.41) is 10.5. The monoisotopic (exact) mass is 391 g/mol. The fourth-order valence-corrected chi connectivity index (χ4v) is 3.75. The van der Waals surface area contributed by atoms with Gasteiger partial charge in [0.25, 0.3) is 11.8 Å². The number of hydrogen-bond acceptors (Lipinski definition) is 4. The number of amides is 2. The summed E-state index contributed by atoms with van der Waals surface area (Å²) in [6.07, 6.45) is 0.830. The summed E-state index contributed by atoms with van der Waals surface area (Å²) in [6, 6.07) is 3.73. The first-order valence-electron chi connectivity index (χ1n) is 8.85. The molecule has 0 atom stereocenters. The van der Waals surface area contributed by atoms with Crippen LogP contribution in [-0.4, -0.2) is 64.5 Å². The molecule has 0 saturated carbocycles. The van der Waals surface area contributed by atoms with Crippen LogP contribution in [0.15, 0.2) is 18.2 Å². The summed E-state index contributed by atoms with van der Waals surface area (Å²) in [7, 11) is 0. The standard InChI is InChI=1S/C18H19ClFN5O2/c19-14-9-11(20)1-2-12(14)17(26)24-5-7-25(8-6-24)18(27)16-13-10-21-4-3-15(13)22-23-16/h1-2,9,21H,3-8,10H2,(H,22,23). The lowest BCUT2D eigenvalue weighted by Crippen LogP contribution is -2.51. The molecule has 3 heterocycles. The van der Waals surface area contributed by atoms with E-state index in [1.165, 1.54) is 12.1 Å². The Labute approximate surface area is 160 Å². The third kappa shape index (κ3) is 3.42. The molecule has 0 radical (unpaired) electrons. The van der Waals surface area contributed by atoms with Gasteiger partial charge in [-0.05, 0) is 18.2 Å². The number of hydrogen-bond donors (Lipinski definition) is 2. The number of nitrogens with one attached hydrogen (secondary N) is 2. The number of carbonyl (C=O) groups excluding carboxylic acids is 2. The molecule has 9 heteroatoms. The van der Waals surface area contributed by atoms with Crippen LogP contribution in [0.4, 0.5) is 4.39 Å². The van der Waals surface area contributed by atoms with Gasteiger partial charge in [0, 0.05) is 56.9 Å². The van der Waals surface area contributed by atoms with Crippen LogP contribution >= 0.6 is 11.6 Å². The summed E-state index contributed by atoms with van der Waals surface area (Å²) in [5.41, 5.74) is 2.67. The molecule has 2 amide bonds. The second kappa shape index (κ2) is 7.28. The maximum atomic E-state index is 13.2.